The van der Waals surface area contributed by atoms with Gasteiger partial charge in [-0.05, 0) is 56.2 Å². The zero-order valence-corrected chi connectivity index (χ0v) is 15.2. The fourth-order valence-electron chi connectivity index (χ4n) is 3.09. The van der Waals surface area contributed by atoms with Crippen LogP contribution in [0.4, 0.5) is 11.5 Å². The number of nitrogens with one attached hydrogen (secondary N) is 1. The van der Waals surface area contributed by atoms with Crippen LogP contribution in [0.5, 0.6) is 0 Å². The second-order valence-electron chi connectivity index (χ2n) is 6.74. The molecule has 128 valence electrons. The average Bonchev–Trinajstić information content (AvgIpc) is 2.65. The highest BCUT2D eigenvalue weighted by atomic mass is 15.2. The molecule has 0 amide bonds. The summed E-state index contributed by atoms with van der Waals surface area (Å²) in [4.78, 5) is 0. The summed E-state index contributed by atoms with van der Waals surface area (Å²) in [5, 5.41) is 14.7. The molecule has 26 heavy (non-hydrogen) atoms. The molecule has 1 N–H and O–H groups in total. The Morgan fingerprint density at radius 1 is 0.692 bits per heavy atom. The van der Waals surface area contributed by atoms with E-state index in [1.807, 2.05) is 30.3 Å². The van der Waals surface area contributed by atoms with Crippen molar-refractivity contribution in [2.24, 2.45) is 0 Å². The van der Waals surface area contributed by atoms with Crippen LogP contribution in [-0.2, 0) is 0 Å². The lowest BCUT2D eigenvalue weighted by molar-refractivity contribution is 1.06. The van der Waals surface area contributed by atoms with Gasteiger partial charge in [0.2, 0.25) is 0 Å². The van der Waals surface area contributed by atoms with Crippen molar-refractivity contribution in [2.75, 3.05) is 5.32 Å². The van der Waals surface area contributed by atoms with Crippen LogP contribution in [0, 0.1) is 20.8 Å². The first-order valence-electron chi connectivity index (χ1n) is 8.78. The normalized spacial score (nSPS) is 10.9. The summed E-state index contributed by atoms with van der Waals surface area (Å²) in [6.45, 7) is 6.36. The number of aryl methyl sites for hydroxylation is 3. The van der Waals surface area contributed by atoms with Crippen molar-refractivity contribution in [2.45, 2.75) is 20.8 Å². The van der Waals surface area contributed by atoms with E-state index in [0.29, 0.717) is 0 Å². The third kappa shape index (κ3) is 3.04. The highest BCUT2D eigenvalue weighted by Crippen LogP contribution is 2.33. The number of nitrogens with zero attached hydrogens (tertiary/aromatic N) is 2. The Bertz CT molecular complexity index is 1070. The zero-order valence-electron chi connectivity index (χ0n) is 15.2. The van der Waals surface area contributed by atoms with Crippen LogP contribution in [0.3, 0.4) is 0 Å². The highest BCUT2D eigenvalue weighted by Gasteiger charge is 2.13. The minimum absolute atomic E-state index is 0.783. The molecule has 0 radical (unpaired) electrons. The number of fused-ring (bicyclic) bond motifs is 1. The smallest absolute Gasteiger partial charge is 0.161 e. The molecule has 4 rings (SSSR count). The predicted octanol–water partition coefficient (Wildman–Crippen LogP) is 5.97. The number of para-hydroxylation sites is 1. The number of hydrogen-bond donors (Lipinski definition) is 1. The van der Waals surface area contributed by atoms with Crippen molar-refractivity contribution in [1.82, 2.24) is 10.2 Å². The minimum atomic E-state index is 0.783. The van der Waals surface area contributed by atoms with Gasteiger partial charge in [0.15, 0.2) is 5.82 Å². The molecule has 0 spiro atoms. The molecule has 3 heteroatoms. The number of hydrogen-bond acceptors (Lipinski definition) is 3. The van der Waals surface area contributed by atoms with E-state index in [9.17, 15) is 0 Å². The summed E-state index contributed by atoms with van der Waals surface area (Å²) >= 11 is 0. The molecular formula is C23H21N3. The molecule has 0 unspecified atom stereocenters. The Labute approximate surface area is 153 Å². The third-order valence-electron chi connectivity index (χ3n) is 4.76. The predicted molar refractivity (Wildman–Crippen MR) is 109 cm³/mol. The molecular weight excluding hydrogens is 318 g/mol. The largest absolute Gasteiger partial charge is 0.338 e. The van der Waals surface area contributed by atoms with Crippen LogP contribution in [0.1, 0.15) is 16.7 Å². The maximum Gasteiger partial charge on any atom is 0.161 e. The topological polar surface area (TPSA) is 37.8 Å². The number of benzene rings is 3. The van der Waals surface area contributed by atoms with Gasteiger partial charge in [0.25, 0.3) is 0 Å². The van der Waals surface area contributed by atoms with E-state index < -0.39 is 0 Å². The second-order valence-corrected chi connectivity index (χ2v) is 6.74. The van der Waals surface area contributed by atoms with Gasteiger partial charge in [0.1, 0.15) is 5.69 Å². The zero-order chi connectivity index (χ0) is 18.1. The molecule has 1 aromatic heterocycles. The van der Waals surface area contributed by atoms with Crippen molar-refractivity contribution in [3.8, 4) is 11.3 Å². The first-order valence-corrected chi connectivity index (χ1v) is 8.78. The van der Waals surface area contributed by atoms with E-state index in [1.165, 1.54) is 16.7 Å². The average molecular weight is 339 g/mol. The number of rotatable bonds is 3. The van der Waals surface area contributed by atoms with E-state index in [1.54, 1.807) is 0 Å². The molecule has 0 aliphatic rings. The maximum atomic E-state index is 4.56. The van der Waals surface area contributed by atoms with E-state index in [-0.39, 0.29) is 0 Å². The standard InChI is InChI=1S/C23H21N3/c1-15-9-11-18(12-10-15)22-20-13-16(2)17(3)14-21(20)23(26-25-22)24-19-7-5-4-6-8-19/h4-14H,1-3H3,(H,24,26). The number of aromatic nitrogens is 2. The van der Waals surface area contributed by atoms with Crippen molar-refractivity contribution >= 4 is 22.3 Å². The molecule has 3 nitrogen and oxygen atoms in total. The van der Waals surface area contributed by atoms with Gasteiger partial charge in [-0.2, -0.15) is 0 Å². The first kappa shape index (κ1) is 16.3. The van der Waals surface area contributed by atoms with Gasteiger partial charge in [-0.1, -0.05) is 48.0 Å². The lowest BCUT2D eigenvalue weighted by atomic mass is 9.99. The van der Waals surface area contributed by atoms with Crippen molar-refractivity contribution < 1.29 is 0 Å². The molecule has 0 saturated heterocycles. The molecule has 0 aliphatic heterocycles. The van der Waals surface area contributed by atoms with Gasteiger partial charge >= 0.3 is 0 Å². The van der Waals surface area contributed by atoms with Crippen LogP contribution < -0.4 is 5.32 Å². The summed E-state index contributed by atoms with van der Waals surface area (Å²) in [6.07, 6.45) is 0. The lowest BCUT2D eigenvalue weighted by Crippen LogP contribution is -2.00. The maximum absolute atomic E-state index is 4.56. The Balaban J connectivity index is 1.91. The van der Waals surface area contributed by atoms with E-state index in [2.05, 4.69) is 72.7 Å². The highest BCUT2D eigenvalue weighted by molar-refractivity contribution is 6.01. The molecule has 0 bridgehead atoms. The van der Waals surface area contributed by atoms with Crippen LogP contribution >= 0.6 is 0 Å². The molecule has 0 atom stereocenters. The fraction of sp³-hybridized carbons (Fsp3) is 0.130. The fourth-order valence-corrected chi connectivity index (χ4v) is 3.09. The Kier molecular flexibility index (Phi) is 4.13. The van der Waals surface area contributed by atoms with Crippen LogP contribution in [-0.4, -0.2) is 10.2 Å². The van der Waals surface area contributed by atoms with Gasteiger partial charge in [0, 0.05) is 22.0 Å². The summed E-state index contributed by atoms with van der Waals surface area (Å²) < 4.78 is 0. The van der Waals surface area contributed by atoms with Crippen LogP contribution in [0.25, 0.3) is 22.0 Å². The molecule has 4 aromatic rings. The summed E-state index contributed by atoms with van der Waals surface area (Å²) in [5.41, 5.74) is 6.75. The molecule has 1 heterocycles. The molecule has 0 aliphatic carbocycles. The van der Waals surface area contributed by atoms with E-state index >= 15 is 0 Å². The van der Waals surface area contributed by atoms with Gasteiger partial charge < -0.3 is 5.32 Å². The van der Waals surface area contributed by atoms with E-state index in [4.69, 9.17) is 0 Å². The lowest BCUT2D eigenvalue weighted by Gasteiger charge is -2.13. The van der Waals surface area contributed by atoms with Gasteiger partial charge in [-0.15, -0.1) is 10.2 Å². The Morgan fingerprint density at radius 3 is 2.04 bits per heavy atom. The van der Waals surface area contributed by atoms with Crippen molar-refractivity contribution in [1.29, 1.82) is 0 Å². The Morgan fingerprint density at radius 2 is 1.35 bits per heavy atom. The number of anilines is 2. The summed E-state index contributed by atoms with van der Waals surface area (Å²) in [6, 6.07) is 22.9. The van der Waals surface area contributed by atoms with Crippen LogP contribution in [0.15, 0.2) is 66.7 Å². The molecule has 0 fully saturated rings. The Hall–Kier alpha value is -3.20. The molecule has 3 aromatic carbocycles. The SMILES string of the molecule is Cc1ccc(-c2nnc(Nc3ccccc3)c3cc(C)c(C)cc23)cc1. The third-order valence-corrected chi connectivity index (χ3v) is 4.76. The quantitative estimate of drug-likeness (QED) is 0.500. The van der Waals surface area contributed by atoms with Gasteiger partial charge in [0.05, 0.1) is 0 Å². The van der Waals surface area contributed by atoms with Crippen molar-refractivity contribution in [3.05, 3.63) is 83.4 Å². The van der Waals surface area contributed by atoms with E-state index in [0.717, 1.165) is 33.5 Å². The van der Waals surface area contributed by atoms with Gasteiger partial charge in [-0.3, -0.25) is 0 Å². The van der Waals surface area contributed by atoms with Gasteiger partial charge in [-0.25, -0.2) is 0 Å². The van der Waals surface area contributed by atoms with Crippen LogP contribution in [0.2, 0.25) is 0 Å². The monoisotopic (exact) mass is 339 g/mol. The summed E-state index contributed by atoms with van der Waals surface area (Å²) in [5.74, 6) is 0.783. The molecule has 0 saturated carbocycles. The minimum Gasteiger partial charge on any atom is -0.338 e. The van der Waals surface area contributed by atoms with Crippen molar-refractivity contribution in [3.63, 3.8) is 0 Å². The summed E-state index contributed by atoms with van der Waals surface area (Å²) in [7, 11) is 0. The first-order chi connectivity index (χ1) is 12.6. The second kappa shape index (κ2) is 6.60.